The second kappa shape index (κ2) is 5.81. The largest absolute Gasteiger partial charge is 0.364 e. The summed E-state index contributed by atoms with van der Waals surface area (Å²) in [5, 5.41) is 2.46. The second-order valence-electron chi connectivity index (χ2n) is 7.78. The number of nitrogens with zero attached hydrogens (tertiary/aromatic N) is 3. The van der Waals surface area contributed by atoms with Crippen LogP contribution < -0.4 is 10.2 Å². The fourth-order valence-electron chi connectivity index (χ4n) is 4.58. The number of amides is 4. The first kappa shape index (κ1) is 17.0. The quantitative estimate of drug-likeness (QED) is 0.755. The lowest BCUT2D eigenvalue weighted by atomic mass is 9.67. The summed E-state index contributed by atoms with van der Waals surface area (Å²) in [6, 6.07) is 6.73. The Labute approximate surface area is 152 Å². The maximum Gasteiger partial charge on any atom is 0.331 e. The van der Waals surface area contributed by atoms with Gasteiger partial charge in [0.05, 0.1) is 6.04 Å². The number of urea groups is 1. The number of rotatable bonds is 1. The van der Waals surface area contributed by atoms with Crippen molar-refractivity contribution in [2.24, 2.45) is 5.41 Å². The Bertz CT molecular complexity index is 793. The van der Waals surface area contributed by atoms with Gasteiger partial charge < -0.3 is 9.80 Å². The number of likely N-dealkylation sites (N-methyl/N-ethyl adjacent to an activating group) is 1. The van der Waals surface area contributed by atoms with Gasteiger partial charge in [-0.25, -0.2) is 4.79 Å². The molecule has 2 fully saturated rings. The molecule has 1 spiro atoms. The fraction of sp³-hybridized carbons (Fsp3) is 0.526. The Morgan fingerprint density at radius 3 is 2.62 bits per heavy atom. The number of benzene rings is 1. The molecule has 1 aromatic carbocycles. The van der Waals surface area contributed by atoms with Crippen molar-refractivity contribution in [3.8, 4) is 0 Å². The molecule has 1 N–H and O–H groups in total. The third-order valence-corrected chi connectivity index (χ3v) is 5.88. The van der Waals surface area contributed by atoms with E-state index in [-0.39, 0.29) is 18.0 Å². The molecule has 7 heteroatoms. The van der Waals surface area contributed by atoms with E-state index in [4.69, 9.17) is 0 Å². The number of piperazine rings is 1. The van der Waals surface area contributed by atoms with Crippen LogP contribution in [-0.4, -0.2) is 66.4 Å². The topological polar surface area (TPSA) is 73.0 Å². The van der Waals surface area contributed by atoms with E-state index in [1.165, 1.54) is 4.90 Å². The zero-order valence-corrected chi connectivity index (χ0v) is 15.4. The van der Waals surface area contributed by atoms with Crippen molar-refractivity contribution in [1.82, 2.24) is 15.1 Å². The summed E-state index contributed by atoms with van der Waals surface area (Å²) in [5.74, 6) is -0.842. The summed E-state index contributed by atoms with van der Waals surface area (Å²) >= 11 is 0. The molecular weight excluding hydrogens is 332 g/mol. The predicted octanol–water partition coefficient (Wildman–Crippen LogP) is 0.836. The molecule has 0 saturated carbocycles. The summed E-state index contributed by atoms with van der Waals surface area (Å²) in [6.07, 6.45) is 0.319. The third-order valence-electron chi connectivity index (χ3n) is 5.88. The van der Waals surface area contributed by atoms with Gasteiger partial charge in [-0.1, -0.05) is 18.2 Å². The van der Waals surface area contributed by atoms with E-state index < -0.39 is 17.4 Å². The minimum absolute atomic E-state index is 0.294. The van der Waals surface area contributed by atoms with Gasteiger partial charge in [-0.2, -0.15) is 0 Å². The molecule has 0 radical (unpaired) electrons. The number of barbiturate groups is 1. The SMILES string of the molecule is CC(C)N1C(=O)NC(=O)C2(Cc3ccccc3N3CCN(C)CC32)C1=O. The summed E-state index contributed by atoms with van der Waals surface area (Å²) in [4.78, 5) is 44.5. The molecule has 2 atom stereocenters. The highest BCUT2D eigenvalue weighted by Crippen LogP contribution is 2.45. The Hall–Kier alpha value is -2.41. The maximum atomic E-state index is 13.5. The minimum atomic E-state index is -1.28. The van der Waals surface area contributed by atoms with E-state index in [0.29, 0.717) is 13.0 Å². The van der Waals surface area contributed by atoms with Crippen LogP contribution in [0.5, 0.6) is 0 Å². The number of carbonyl (C=O) groups is 3. The third kappa shape index (κ3) is 2.19. The van der Waals surface area contributed by atoms with Crippen molar-refractivity contribution in [1.29, 1.82) is 0 Å². The minimum Gasteiger partial charge on any atom is -0.364 e. The molecular formula is C19H24N4O3. The molecule has 2 saturated heterocycles. The zero-order chi connectivity index (χ0) is 18.6. The number of hydrogen-bond acceptors (Lipinski definition) is 5. The normalized spacial score (nSPS) is 29.1. The van der Waals surface area contributed by atoms with Gasteiger partial charge >= 0.3 is 6.03 Å². The lowest BCUT2D eigenvalue weighted by Crippen LogP contribution is -2.75. The van der Waals surface area contributed by atoms with Crippen LogP contribution in [0.3, 0.4) is 0 Å². The first-order valence-corrected chi connectivity index (χ1v) is 9.08. The fourth-order valence-corrected chi connectivity index (χ4v) is 4.58. The Kier molecular flexibility index (Phi) is 3.80. The van der Waals surface area contributed by atoms with E-state index in [2.05, 4.69) is 21.2 Å². The lowest BCUT2D eigenvalue weighted by Gasteiger charge is -2.55. The van der Waals surface area contributed by atoms with Gasteiger partial charge in [0.25, 0.3) is 0 Å². The Morgan fingerprint density at radius 2 is 1.88 bits per heavy atom. The first-order chi connectivity index (χ1) is 12.4. The zero-order valence-electron chi connectivity index (χ0n) is 15.4. The standard InChI is InChI=1S/C19H24N4O3/c1-12(2)23-17(25)19(16(24)20-18(23)26)10-13-6-4-5-7-14(13)22-9-8-21(3)11-15(19)22/h4-7,12,15H,8-11H2,1-3H3,(H,20,24,26). The molecule has 3 aliphatic rings. The number of para-hydroxylation sites is 1. The summed E-state index contributed by atoms with van der Waals surface area (Å²) in [6.45, 7) is 5.80. The lowest BCUT2D eigenvalue weighted by molar-refractivity contribution is -0.155. The van der Waals surface area contributed by atoms with Gasteiger partial charge in [0.15, 0.2) is 5.41 Å². The highest BCUT2D eigenvalue weighted by Gasteiger charge is 2.62. The van der Waals surface area contributed by atoms with Crippen LogP contribution >= 0.6 is 0 Å². The van der Waals surface area contributed by atoms with Crippen LogP contribution in [0.2, 0.25) is 0 Å². The molecule has 4 amide bonds. The maximum absolute atomic E-state index is 13.5. The summed E-state index contributed by atoms with van der Waals surface area (Å²) in [7, 11) is 2.00. The second-order valence-corrected chi connectivity index (χ2v) is 7.78. The smallest absolute Gasteiger partial charge is 0.331 e. The molecule has 0 bridgehead atoms. The molecule has 3 heterocycles. The first-order valence-electron chi connectivity index (χ1n) is 9.08. The Morgan fingerprint density at radius 1 is 1.15 bits per heavy atom. The van der Waals surface area contributed by atoms with Crippen LogP contribution in [0.4, 0.5) is 10.5 Å². The van der Waals surface area contributed by atoms with Crippen LogP contribution in [0.25, 0.3) is 0 Å². The molecule has 4 rings (SSSR count). The van der Waals surface area contributed by atoms with Gasteiger partial charge in [-0.05, 0) is 38.9 Å². The highest BCUT2D eigenvalue weighted by molar-refractivity contribution is 6.20. The van der Waals surface area contributed by atoms with E-state index in [0.717, 1.165) is 24.3 Å². The number of imide groups is 2. The van der Waals surface area contributed by atoms with Gasteiger partial charge in [0, 0.05) is 31.4 Å². The molecule has 1 aromatic rings. The highest BCUT2D eigenvalue weighted by atomic mass is 16.2. The van der Waals surface area contributed by atoms with Gasteiger partial charge in [0.2, 0.25) is 11.8 Å². The molecule has 7 nitrogen and oxygen atoms in total. The van der Waals surface area contributed by atoms with Crippen LogP contribution in [0, 0.1) is 5.41 Å². The van der Waals surface area contributed by atoms with Gasteiger partial charge in [-0.3, -0.25) is 19.8 Å². The average molecular weight is 356 g/mol. The van der Waals surface area contributed by atoms with E-state index in [1.54, 1.807) is 13.8 Å². The van der Waals surface area contributed by atoms with Crippen LogP contribution in [0.15, 0.2) is 24.3 Å². The summed E-state index contributed by atoms with van der Waals surface area (Å²) in [5.41, 5.74) is 0.793. The van der Waals surface area contributed by atoms with Gasteiger partial charge in [0.1, 0.15) is 0 Å². The molecule has 0 aromatic heterocycles. The number of fused-ring (bicyclic) bond motifs is 4. The van der Waals surface area contributed by atoms with E-state index >= 15 is 0 Å². The van der Waals surface area contributed by atoms with Crippen molar-refractivity contribution in [2.45, 2.75) is 32.4 Å². The predicted molar refractivity (Wildman–Crippen MR) is 96.7 cm³/mol. The number of carbonyl (C=O) groups excluding carboxylic acids is 3. The number of hydrogen-bond donors (Lipinski definition) is 1. The average Bonchev–Trinajstić information content (AvgIpc) is 2.59. The van der Waals surface area contributed by atoms with E-state index in [9.17, 15) is 14.4 Å². The van der Waals surface area contributed by atoms with E-state index in [1.807, 2.05) is 25.2 Å². The van der Waals surface area contributed by atoms with Crippen molar-refractivity contribution < 1.29 is 14.4 Å². The molecule has 0 aliphatic carbocycles. The summed E-state index contributed by atoms with van der Waals surface area (Å²) < 4.78 is 0. The van der Waals surface area contributed by atoms with Crippen LogP contribution in [-0.2, 0) is 16.0 Å². The van der Waals surface area contributed by atoms with Crippen molar-refractivity contribution in [2.75, 3.05) is 31.6 Å². The van der Waals surface area contributed by atoms with Crippen molar-refractivity contribution in [3.05, 3.63) is 29.8 Å². The van der Waals surface area contributed by atoms with Crippen LogP contribution in [0.1, 0.15) is 19.4 Å². The van der Waals surface area contributed by atoms with Crippen molar-refractivity contribution >= 4 is 23.5 Å². The Balaban J connectivity index is 1.89. The van der Waals surface area contributed by atoms with Crippen molar-refractivity contribution in [3.63, 3.8) is 0 Å². The molecule has 2 unspecified atom stereocenters. The molecule has 138 valence electrons. The molecule has 26 heavy (non-hydrogen) atoms. The number of anilines is 1. The monoisotopic (exact) mass is 356 g/mol. The molecule has 3 aliphatic heterocycles. The number of nitrogens with one attached hydrogen (secondary N) is 1. The van der Waals surface area contributed by atoms with Gasteiger partial charge in [-0.15, -0.1) is 0 Å².